The second-order valence-electron chi connectivity index (χ2n) is 1.83. The zero-order valence-electron chi connectivity index (χ0n) is 6.11. The van der Waals surface area contributed by atoms with Crippen LogP contribution in [0.3, 0.4) is 0 Å². The summed E-state index contributed by atoms with van der Waals surface area (Å²) in [5.41, 5.74) is -1.02. The predicted molar refractivity (Wildman–Crippen MR) is 28.2 cm³/mol. The Labute approximate surface area is 56.7 Å². The summed E-state index contributed by atoms with van der Waals surface area (Å²) in [5, 5.41) is 0. The van der Waals surface area contributed by atoms with Crippen LogP contribution in [0, 0.1) is 0 Å². The van der Waals surface area contributed by atoms with E-state index < -0.39 is 18.2 Å². The molecule has 0 aliphatic rings. The molecule has 1 aromatic rings. The molecule has 0 amide bonds. The van der Waals surface area contributed by atoms with Crippen LogP contribution in [-0.2, 0) is 13.2 Å². The van der Waals surface area contributed by atoms with Crippen molar-refractivity contribution in [3.63, 3.8) is 0 Å². The van der Waals surface area contributed by atoms with Crippen molar-refractivity contribution in [2.45, 2.75) is 6.18 Å². The average molecular weight is 151 g/mol. The number of imidazole rings is 1. The van der Waals surface area contributed by atoms with Crippen LogP contribution in [0.1, 0.15) is 7.06 Å². The van der Waals surface area contributed by atoms with Gasteiger partial charge in [-0.15, -0.1) is 0 Å². The molecular weight excluding hydrogens is 145 g/mol. The van der Waals surface area contributed by atoms with Crippen LogP contribution in [0.25, 0.3) is 0 Å². The molecule has 1 aromatic heterocycles. The highest BCUT2D eigenvalue weighted by atomic mass is 19.4. The molecule has 0 aliphatic heterocycles. The van der Waals surface area contributed by atoms with Gasteiger partial charge in [0.15, 0.2) is 5.69 Å². The van der Waals surface area contributed by atoms with Gasteiger partial charge in [-0.2, -0.15) is 13.2 Å². The molecule has 0 bridgehead atoms. The molecule has 0 fully saturated rings. The number of rotatable bonds is 0. The minimum atomic E-state index is -4.45. The van der Waals surface area contributed by atoms with Crippen molar-refractivity contribution in [2.24, 2.45) is 7.05 Å². The normalized spacial score (nSPS) is 13.4. The van der Waals surface area contributed by atoms with Gasteiger partial charge >= 0.3 is 6.18 Å². The van der Waals surface area contributed by atoms with Gasteiger partial charge in [0, 0.05) is 13.2 Å². The highest BCUT2D eigenvalue weighted by molar-refractivity contribution is 5.00. The van der Waals surface area contributed by atoms with E-state index in [1.165, 1.54) is 7.05 Å². The molecule has 0 unspecified atom stereocenters. The number of nitrogens with zero attached hydrogens (tertiary/aromatic N) is 2. The third-order valence-electron chi connectivity index (χ3n) is 0.935. The predicted octanol–water partition coefficient (Wildman–Crippen LogP) is 1.44. The fourth-order valence-electron chi connectivity index (χ4n) is 0.510. The summed E-state index contributed by atoms with van der Waals surface area (Å²) >= 11 is 0. The van der Waals surface area contributed by atoms with Crippen LogP contribution in [-0.4, -0.2) is 9.55 Å². The van der Waals surface area contributed by atoms with Gasteiger partial charge in [-0.1, -0.05) is 0 Å². The van der Waals surface area contributed by atoms with Crippen LogP contribution in [0.2, 0.25) is 0 Å². The van der Waals surface area contributed by atoms with Crippen molar-refractivity contribution < 1.29 is 14.5 Å². The second-order valence-corrected chi connectivity index (χ2v) is 1.83. The Morgan fingerprint density at radius 2 is 2.30 bits per heavy atom. The van der Waals surface area contributed by atoms with Gasteiger partial charge in [0.25, 0.3) is 0 Å². The van der Waals surface area contributed by atoms with E-state index in [0.717, 1.165) is 10.8 Å². The molecule has 56 valence electrons. The summed E-state index contributed by atoms with van der Waals surface area (Å²) in [7, 11) is 1.34. The van der Waals surface area contributed by atoms with Crippen LogP contribution in [0.5, 0.6) is 0 Å². The van der Waals surface area contributed by atoms with Crippen LogP contribution < -0.4 is 0 Å². The Morgan fingerprint density at radius 1 is 1.70 bits per heavy atom. The number of hydrogen-bond acceptors (Lipinski definition) is 1. The summed E-state index contributed by atoms with van der Waals surface area (Å²) in [6.45, 7) is 0. The average Bonchev–Trinajstić information content (AvgIpc) is 2.11. The van der Waals surface area contributed by atoms with Crippen molar-refractivity contribution in [1.29, 1.82) is 0 Å². The lowest BCUT2D eigenvalue weighted by Crippen LogP contribution is -2.04. The van der Waals surface area contributed by atoms with E-state index in [1.807, 2.05) is 0 Å². The number of hydrogen-bond donors (Lipinski definition) is 0. The summed E-state index contributed by atoms with van der Waals surface area (Å²) in [6.07, 6.45) is -4.06. The first kappa shape index (κ1) is 5.76. The number of aryl methyl sites for hydroxylation is 1. The fourth-order valence-corrected chi connectivity index (χ4v) is 0.510. The molecule has 0 aromatic carbocycles. The van der Waals surface area contributed by atoms with Crippen LogP contribution in [0.15, 0.2) is 12.5 Å². The van der Waals surface area contributed by atoms with E-state index in [1.54, 1.807) is 0 Å². The lowest BCUT2D eigenvalue weighted by molar-refractivity contribution is -0.140. The highest BCUT2D eigenvalue weighted by Crippen LogP contribution is 2.26. The van der Waals surface area contributed by atoms with Gasteiger partial charge in [0.2, 0.25) is 0 Å². The second kappa shape index (κ2) is 2.00. The number of aromatic nitrogens is 2. The van der Waals surface area contributed by atoms with Gasteiger partial charge < -0.3 is 4.57 Å². The van der Waals surface area contributed by atoms with E-state index in [-0.39, 0.29) is 0 Å². The summed E-state index contributed by atoms with van der Waals surface area (Å²) in [6, 6.07) is 0. The fraction of sp³-hybridized carbons (Fsp3) is 0.400. The maximum Gasteiger partial charge on any atom is 0.434 e. The number of alkyl halides is 3. The quantitative estimate of drug-likeness (QED) is 0.548. The van der Waals surface area contributed by atoms with E-state index in [4.69, 9.17) is 1.37 Å². The minimum absolute atomic E-state index is 0.391. The largest absolute Gasteiger partial charge is 0.434 e. The SMILES string of the molecule is [2H]c1nc(C(F)(F)F)cn1C. The Bertz CT molecular complexity index is 246. The van der Waals surface area contributed by atoms with E-state index in [0.29, 0.717) is 0 Å². The minimum Gasteiger partial charge on any atom is -0.340 e. The summed E-state index contributed by atoms with van der Waals surface area (Å²) in [5.74, 6) is 0. The monoisotopic (exact) mass is 151 g/mol. The molecule has 0 radical (unpaired) electrons. The highest BCUT2D eigenvalue weighted by Gasteiger charge is 2.32. The molecule has 1 rings (SSSR count). The van der Waals surface area contributed by atoms with Crippen LogP contribution >= 0.6 is 0 Å². The Kier molecular flexibility index (Phi) is 1.15. The van der Waals surface area contributed by atoms with Crippen molar-refractivity contribution >= 4 is 0 Å². The van der Waals surface area contributed by atoms with Crippen molar-refractivity contribution in [3.8, 4) is 0 Å². The molecule has 0 saturated carbocycles. The molecule has 0 spiro atoms. The van der Waals surface area contributed by atoms with Gasteiger partial charge in [0.05, 0.1) is 6.30 Å². The van der Waals surface area contributed by atoms with Gasteiger partial charge in [-0.3, -0.25) is 0 Å². The topological polar surface area (TPSA) is 17.8 Å². The Balaban J connectivity index is 3.08. The molecule has 1 heterocycles. The Hall–Kier alpha value is -1.00. The molecule has 0 saturated heterocycles. The maximum atomic E-state index is 11.8. The first-order valence-electron chi connectivity index (χ1n) is 2.98. The molecule has 0 atom stereocenters. The van der Waals surface area contributed by atoms with E-state index >= 15 is 0 Å². The molecule has 2 nitrogen and oxygen atoms in total. The van der Waals surface area contributed by atoms with Crippen molar-refractivity contribution in [1.82, 2.24) is 9.55 Å². The third kappa shape index (κ3) is 1.29. The Morgan fingerprint density at radius 3 is 2.50 bits per heavy atom. The summed E-state index contributed by atoms with van der Waals surface area (Å²) < 4.78 is 43.3. The summed E-state index contributed by atoms with van der Waals surface area (Å²) in [4.78, 5) is 2.99. The first-order valence-corrected chi connectivity index (χ1v) is 2.48. The first-order chi connectivity index (χ1) is 4.91. The molecule has 5 heteroatoms. The van der Waals surface area contributed by atoms with Gasteiger partial charge in [0.1, 0.15) is 1.37 Å². The zero-order valence-corrected chi connectivity index (χ0v) is 5.11. The zero-order chi connectivity index (χ0) is 8.65. The third-order valence-corrected chi connectivity index (χ3v) is 0.935. The molecular formula is C5H5F3N2. The van der Waals surface area contributed by atoms with Crippen molar-refractivity contribution in [2.75, 3.05) is 0 Å². The lowest BCUT2D eigenvalue weighted by atomic mass is 10.5. The smallest absolute Gasteiger partial charge is 0.340 e. The number of halogens is 3. The van der Waals surface area contributed by atoms with Gasteiger partial charge in [-0.05, 0) is 0 Å². The molecule has 0 N–H and O–H groups in total. The van der Waals surface area contributed by atoms with Gasteiger partial charge in [-0.25, -0.2) is 4.98 Å². The standard InChI is InChI=1S/C5H5F3N2/c1-10-2-4(9-3-10)5(6,7)8/h2-3H,1H3/i3D. The van der Waals surface area contributed by atoms with E-state index in [9.17, 15) is 13.2 Å². The molecule has 0 aliphatic carbocycles. The lowest BCUT2D eigenvalue weighted by Gasteiger charge is -1.98. The van der Waals surface area contributed by atoms with E-state index in [2.05, 4.69) is 4.98 Å². The van der Waals surface area contributed by atoms with Crippen LogP contribution in [0.4, 0.5) is 13.2 Å². The maximum absolute atomic E-state index is 11.8. The molecule has 10 heavy (non-hydrogen) atoms. The van der Waals surface area contributed by atoms with Crippen molar-refractivity contribution in [3.05, 3.63) is 18.2 Å².